The van der Waals surface area contributed by atoms with Crippen molar-refractivity contribution >= 4 is 112 Å². The number of nitriles is 4. The van der Waals surface area contributed by atoms with Gasteiger partial charge in [-0.15, -0.1) is 68.0 Å². The Kier molecular flexibility index (Phi) is 12.8. The van der Waals surface area contributed by atoms with Crippen molar-refractivity contribution in [3.05, 3.63) is 303 Å². The number of carbonyl (C=O) groups excluding carboxylic acids is 2. The van der Waals surface area contributed by atoms with Gasteiger partial charge in [0.2, 0.25) is 0 Å². The summed E-state index contributed by atoms with van der Waals surface area (Å²) >= 11 is 10.7. The third-order valence-electron chi connectivity index (χ3n) is 18.1. The predicted octanol–water partition coefficient (Wildman–Crippen LogP) is 20.7. The molecule has 6 heterocycles. The second-order valence-corrected chi connectivity index (χ2v) is 29.5. The number of hydrogen-bond acceptors (Lipinski definition) is 12. The smallest absolute Gasteiger partial charge is 0.194 e. The zero-order chi connectivity index (χ0) is 61.5. The fraction of sp³-hybridized carbons (Fsp3) is 0.0769. The molecule has 0 N–H and O–H groups in total. The summed E-state index contributed by atoms with van der Waals surface area (Å²) in [5, 5.41) is 40.4. The highest BCUT2D eigenvalue weighted by Crippen LogP contribution is 2.71. The maximum Gasteiger partial charge on any atom is 0.194 e. The second kappa shape index (κ2) is 20.8. The Morgan fingerprint density at radius 2 is 0.689 bits per heavy atom. The molecular formula is C78H44N4O2S6. The fourth-order valence-corrected chi connectivity index (χ4v) is 21.9. The highest BCUT2D eigenvalue weighted by atomic mass is 32.1. The summed E-state index contributed by atoms with van der Waals surface area (Å²) < 4.78 is 2.54. The van der Waals surface area contributed by atoms with Crippen LogP contribution in [0.1, 0.15) is 108 Å². The van der Waals surface area contributed by atoms with Crippen molar-refractivity contribution in [3.63, 3.8) is 0 Å². The molecule has 6 nitrogen and oxygen atoms in total. The predicted molar refractivity (Wildman–Crippen MR) is 369 cm³/mol. The van der Waals surface area contributed by atoms with E-state index in [1.807, 2.05) is 106 Å². The highest BCUT2D eigenvalue weighted by molar-refractivity contribution is 7.35. The van der Waals surface area contributed by atoms with Crippen molar-refractivity contribution in [1.82, 2.24) is 0 Å². The van der Waals surface area contributed by atoms with E-state index in [1.54, 1.807) is 34.8 Å². The molecule has 90 heavy (non-hydrogen) atoms. The van der Waals surface area contributed by atoms with Crippen molar-refractivity contribution in [2.75, 3.05) is 0 Å². The molecule has 12 aromatic rings. The molecule has 6 aromatic heterocycles. The third-order valence-corrected chi connectivity index (χ3v) is 25.7. The zero-order valence-corrected chi connectivity index (χ0v) is 53.4. The summed E-state index contributed by atoms with van der Waals surface area (Å²) in [6.45, 7) is 8.58. The van der Waals surface area contributed by atoms with Gasteiger partial charge in [0.25, 0.3) is 0 Å². The molecule has 4 aliphatic carbocycles. The van der Waals surface area contributed by atoms with Gasteiger partial charge in [0.05, 0.1) is 39.7 Å². The lowest BCUT2D eigenvalue weighted by molar-refractivity contribution is 0.103. The Hall–Kier alpha value is -9.96. The molecule has 6 aromatic carbocycles. The van der Waals surface area contributed by atoms with Crippen LogP contribution in [0.3, 0.4) is 0 Å². The van der Waals surface area contributed by atoms with Gasteiger partial charge in [-0.1, -0.05) is 168 Å². The van der Waals surface area contributed by atoms with E-state index >= 15 is 0 Å². The van der Waals surface area contributed by atoms with Crippen LogP contribution in [0, 0.1) is 73.0 Å². The van der Waals surface area contributed by atoms with E-state index in [0.717, 1.165) is 29.3 Å². The third kappa shape index (κ3) is 7.91. The number of hydrogen-bond donors (Lipinski definition) is 0. The van der Waals surface area contributed by atoms with E-state index in [0.29, 0.717) is 44.5 Å². The summed E-state index contributed by atoms with van der Waals surface area (Å²) in [4.78, 5) is 39.2. The molecule has 0 amide bonds. The number of aryl methyl sites for hydroxylation is 4. The average Bonchev–Trinajstić information content (AvgIpc) is 1.49. The van der Waals surface area contributed by atoms with Crippen LogP contribution in [0.2, 0.25) is 0 Å². The molecule has 0 atom stereocenters. The normalized spacial score (nSPS) is 15.3. The molecule has 0 bridgehead atoms. The SMILES string of the molecule is Cc1ccc(C2(c3ccc(C)cc3)c3cc(-c4ccc(/C=C5\C(=O)c6ccccc6C5=C(C#N)C#N)s4)sc3-c3sc4c5c(sc4c32)-c2sc(-c3ccc(/C=C4\C(=O)c6ccccc6C4=C(C#N)C#N)s3)cc2C5(c2ccc(C)cc2)c2ccc(C)cc2)cc1. The topological polar surface area (TPSA) is 129 Å². The summed E-state index contributed by atoms with van der Waals surface area (Å²) in [5.41, 5.74) is 16.5. The molecule has 0 spiro atoms. The van der Waals surface area contributed by atoms with Crippen LogP contribution in [0.25, 0.3) is 71.7 Å². The number of nitrogens with zero attached hydrogens (tertiary/aromatic N) is 4. The van der Waals surface area contributed by atoms with Crippen LogP contribution in [-0.2, 0) is 10.8 Å². The number of carbonyl (C=O) groups is 2. The Bertz CT molecular complexity index is 5010. The standard InChI is InChI=1S/C78H44N4O2S6/c1-41-13-21-47(22-14-41)77(48-23-15-42(2)16-24-48)59-35-63(61-31-29-51(85-61)33-57-65(45(37-79)38-80)53-9-5-7-11-55(53)69(57)83)87-71(59)73-67(77)75-76(89-73)68-74(90-75)72-60(78(68,49-25-17-43(3)18-26-49)50-27-19-44(4)20-28-50)36-64(88-72)62-32-30-52(86-62)34-58-66(46(39-81)40-82)54-10-6-8-12-56(54)70(58)84/h5-36H,1-4H3/b57-33-,58-34-. The van der Waals surface area contributed by atoms with Crippen LogP contribution in [0.4, 0.5) is 0 Å². The molecule has 0 unspecified atom stereocenters. The van der Waals surface area contributed by atoms with Crippen molar-refractivity contribution in [2.45, 2.75) is 38.5 Å². The molecule has 0 fully saturated rings. The minimum atomic E-state index is -0.730. The largest absolute Gasteiger partial charge is 0.289 e. The van der Waals surface area contributed by atoms with E-state index in [9.17, 15) is 30.6 Å². The molecule has 12 heteroatoms. The van der Waals surface area contributed by atoms with E-state index in [-0.39, 0.29) is 22.7 Å². The second-order valence-electron chi connectivity index (χ2n) is 23.2. The Morgan fingerprint density at radius 1 is 0.367 bits per heavy atom. The van der Waals surface area contributed by atoms with Crippen molar-refractivity contribution in [3.8, 4) is 63.3 Å². The maximum atomic E-state index is 14.1. The summed E-state index contributed by atoms with van der Waals surface area (Å²) in [6, 6.07) is 72.3. The molecule has 424 valence electrons. The monoisotopic (exact) mass is 1260 g/mol. The van der Waals surface area contributed by atoms with Gasteiger partial charge >= 0.3 is 0 Å². The molecule has 4 aliphatic rings. The van der Waals surface area contributed by atoms with Gasteiger partial charge in [-0.3, -0.25) is 9.59 Å². The summed E-state index contributed by atoms with van der Waals surface area (Å²) in [5.74, 6) is -0.400. The number of thiophene rings is 6. The van der Waals surface area contributed by atoms with Crippen LogP contribution < -0.4 is 0 Å². The zero-order valence-electron chi connectivity index (χ0n) is 48.5. The number of allylic oxidation sites excluding steroid dienone is 6. The van der Waals surface area contributed by atoms with Gasteiger partial charge in [0.1, 0.15) is 35.4 Å². The van der Waals surface area contributed by atoms with Crippen LogP contribution in [-0.4, -0.2) is 11.6 Å². The minimum Gasteiger partial charge on any atom is -0.289 e. The molecule has 0 aliphatic heterocycles. The average molecular weight is 1260 g/mol. The lowest BCUT2D eigenvalue weighted by atomic mass is 9.67. The van der Waals surface area contributed by atoms with Gasteiger partial charge in [-0.05, 0) is 121 Å². The van der Waals surface area contributed by atoms with Crippen LogP contribution in [0.5, 0.6) is 0 Å². The number of Topliss-reactive ketones (excluding diaryl/α,β-unsaturated/α-hetero) is 2. The van der Waals surface area contributed by atoms with Crippen molar-refractivity contribution in [1.29, 1.82) is 21.0 Å². The van der Waals surface area contributed by atoms with Crippen molar-refractivity contribution < 1.29 is 9.59 Å². The lowest BCUT2D eigenvalue weighted by Crippen LogP contribution is -2.28. The van der Waals surface area contributed by atoms with Gasteiger partial charge in [-0.2, -0.15) is 21.0 Å². The van der Waals surface area contributed by atoms with Crippen LogP contribution in [0.15, 0.2) is 204 Å². The molecule has 0 saturated carbocycles. The highest BCUT2D eigenvalue weighted by Gasteiger charge is 2.55. The molecular weight excluding hydrogens is 1220 g/mol. The van der Waals surface area contributed by atoms with Gasteiger partial charge < -0.3 is 0 Å². The Labute approximate surface area is 543 Å². The lowest BCUT2D eigenvalue weighted by Gasteiger charge is -2.34. The first-order valence-corrected chi connectivity index (χ1v) is 34.0. The quantitative estimate of drug-likeness (QED) is 0.110. The Morgan fingerprint density at radius 3 is 1.01 bits per heavy atom. The Balaban J connectivity index is 0.915. The molecule has 0 radical (unpaired) electrons. The summed E-state index contributed by atoms with van der Waals surface area (Å²) in [7, 11) is 0. The van der Waals surface area contributed by atoms with E-state index < -0.39 is 10.8 Å². The molecule has 0 saturated heterocycles. The van der Waals surface area contributed by atoms with Gasteiger partial charge in [0.15, 0.2) is 11.6 Å². The van der Waals surface area contributed by atoms with Gasteiger partial charge in [0, 0.05) is 73.8 Å². The minimum absolute atomic E-state index is 0.0844. The van der Waals surface area contributed by atoms with E-state index in [4.69, 9.17) is 0 Å². The number of benzene rings is 6. The number of rotatable bonds is 8. The maximum absolute atomic E-state index is 14.1. The van der Waals surface area contributed by atoms with E-state index in [1.165, 1.54) is 95.7 Å². The number of fused-ring (bicyclic) bond motifs is 11. The molecule has 16 rings (SSSR count). The fourth-order valence-electron chi connectivity index (χ4n) is 14.0. The first-order valence-electron chi connectivity index (χ1n) is 29.1. The van der Waals surface area contributed by atoms with Crippen molar-refractivity contribution in [2.24, 2.45) is 0 Å². The number of ketones is 2. The first-order chi connectivity index (χ1) is 43.9. The van der Waals surface area contributed by atoms with E-state index in [2.05, 4.69) is 173 Å². The first kappa shape index (κ1) is 55.4. The van der Waals surface area contributed by atoms with Crippen LogP contribution >= 0.6 is 68.0 Å². The summed E-state index contributed by atoms with van der Waals surface area (Å²) in [6.07, 6.45) is 3.70. The van der Waals surface area contributed by atoms with Gasteiger partial charge in [-0.25, -0.2) is 0 Å².